The van der Waals surface area contributed by atoms with Crippen molar-refractivity contribution in [1.82, 2.24) is 4.98 Å². The van der Waals surface area contributed by atoms with Crippen LogP contribution in [0.1, 0.15) is 44.5 Å². The molecule has 1 aromatic heterocycles. The third-order valence-corrected chi connectivity index (χ3v) is 3.30. The van der Waals surface area contributed by atoms with Crippen LogP contribution in [0, 0.1) is 12.7 Å². The molecule has 0 radical (unpaired) electrons. The highest BCUT2D eigenvalue weighted by Gasteiger charge is 2.05. The highest BCUT2D eigenvalue weighted by atomic mass is 19.1. The molecule has 122 valence electrons. The van der Waals surface area contributed by atoms with Crippen LogP contribution in [-0.4, -0.2) is 4.98 Å². The van der Waals surface area contributed by atoms with E-state index in [2.05, 4.69) is 17.1 Å². The summed E-state index contributed by atoms with van der Waals surface area (Å²) in [5.41, 5.74) is 4.12. The molecule has 0 aliphatic heterocycles. The molecule has 0 spiro atoms. The number of rotatable bonds is 2. The fourth-order valence-corrected chi connectivity index (χ4v) is 2.30. The summed E-state index contributed by atoms with van der Waals surface area (Å²) in [5.74, 6) is -0.191. The number of para-hydroxylation sites is 1. The monoisotopic (exact) mass is 311 g/mol. The predicted molar refractivity (Wildman–Crippen MR) is 98.4 cm³/mol. The minimum absolute atomic E-state index is 0.191. The first kappa shape index (κ1) is 18.8. The van der Waals surface area contributed by atoms with Crippen LogP contribution < -0.4 is 0 Å². The van der Waals surface area contributed by atoms with Crippen molar-refractivity contribution in [2.24, 2.45) is 0 Å². The van der Waals surface area contributed by atoms with E-state index in [1.165, 1.54) is 6.07 Å². The highest BCUT2D eigenvalue weighted by molar-refractivity contribution is 5.79. The molecular weight excluding hydrogens is 285 g/mol. The molecule has 0 saturated heterocycles. The summed E-state index contributed by atoms with van der Waals surface area (Å²) in [6.07, 6.45) is 0.710. The lowest BCUT2D eigenvalue weighted by Gasteiger charge is -2.08. The van der Waals surface area contributed by atoms with Crippen LogP contribution in [0.2, 0.25) is 0 Å². The van der Waals surface area contributed by atoms with Crippen LogP contribution in [0.25, 0.3) is 10.9 Å². The maximum atomic E-state index is 13.2. The van der Waals surface area contributed by atoms with Gasteiger partial charge in [0.05, 0.1) is 5.52 Å². The van der Waals surface area contributed by atoms with Crippen molar-refractivity contribution in [2.45, 2.75) is 41.0 Å². The number of fused-ring (bicyclic) bond motifs is 1. The molecule has 0 aliphatic rings. The van der Waals surface area contributed by atoms with Gasteiger partial charge < -0.3 is 0 Å². The molecular formula is C21H26FN. The third-order valence-electron chi connectivity index (χ3n) is 3.30. The quantitative estimate of drug-likeness (QED) is 0.539. The molecule has 1 nitrogen and oxygen atoms in total. The Balaban J connectivity index is 0.000000615. The van der Waals surface area contributed by atoms with Gasteiger partial charge in [-0.2, -0.15) is 0 Å². The van der Waals surface area contributed by atoms with Gasteiger partial charge in [-0.05, 0) is 48.7 Å². The van der Waals surface area contributed by atoms with Crippen molar-refractivity contribution in [3.63, 3.8) is 0 Å². The van der Waals surface area contributed by atoms with Gasteiger partial charge in [0.15, 0.2) is 0 Å². The molecule has 0 fully saturated rings. The minimum Gasteiger partial charge on any atom is -0.253 e. The van der Waals surface area contributed by atoms with Crippen LogP contribution in [0.15, 0.2) is 54.6 Å². The largest absolute Gasteiger partial charge is 0.253 e. The van der Waals surface area contributed by atoms with Crippen molar-refractivity contribution in [3.05, 3.63) is 77.2 Å². The van der Waals surface area contributed by atoms with Crippen LogP contribution >= 0.6 is 0 Å². The van der Waals surface area contributed by atoms with E-state index >= 15 is 0 Å². The van der Waals surface area contributed by atoms with Gasteiger partial charge >= 0.3 is 0 Å². The van der Waals surface area contributed by atoms with E-state index in [0.29, 0.717) is 6.42 Å². The molecule has 2 heteroatoms. The van der Waals surface area contributed by atoms with Crippen LogP contribution in [0.3, 0.4) is 0 Å². The standard InChI is InChI=1S/C17H14FN.2C2H6/c1-12-15(9-13-5-4-7-16(18)10-13)11-14-6-2-3-8-17(14)19-12;2*1-2/h2-8,10-11H,9H2,1H3;2*1-2H3. The molecule has 1 heterocycles. The maximum absolute atomic E-state index is 13.2. The van der Waals surface area contributed by atoms with Gasteiger partial charge in [0, 0.05) is 11.1 Å². The summed E-state index contributed by atoms with van der Waals surface area (Å²) >= 11 is 0. The van der Waals surface area contributed by atoms with E-state index in [1.54, 1.807) is 12.1 Å². The second kappa shape index (κ2) is 9.73. The lowest BCUT2D eigenvalue weighted by atomic mass is 10.0. The van der Waals surface area contributed by atoms with Gasteiger partial charge in [-0.25, -0.2) is 4.39 Å². The summed E-state index contributed by atoms with van der Waals surface area (Å²) in [6.45, 7) is 10.0. The number of benzene rings is 2. The first-order chi connectivity index (χ1) is 11.2. The Labute approximate surface area is 139 Å². The Morgan fingerprint density at radius 2 is 1.57 bits per heavy atom. The van der Waals surface area contributed by atoms with Gasteiger partial charge in [-0.3, -0.25) is 4.98 Å². The summed E-state index contributed by atoms with van der Waals surface area (Å²) in [6, 6.07) is 16.9. The van der Waals surface area contributed by atoms with Crippen molar-refractivity contribution in [1.29, 1.82) is 0 Å². The van der Waals surface area contributed by atoms with Gasteiger partial charge in [0.1, 0.15) is 5.82 Å². The first-order valence-corrected chi connectivity index (χ1v) is 8.32. The molecule has 0 amide bonds. The number of hydrogen-bond acceptors (Lipinski definition) is 1. The molecule has 0 N–H and O–H groups in total. The van der Waals surface area contributed by atoms with E-state index in [0.717, 1.165) is 27.7 Å². The van der Waals surface area contributed by atoms with Crippen molar-refractivity contribution in [2.75, 3.05) is 0 Å². The fraction of sp³-hybridized carbons (Fsp3) is 0.286. The van der Waals surface area contributed by atoms with E-state index in [-0.39, 0.29) is 5.82 Å². The average molecular weight is 311 g/mol. The van der Waals surface area contributed by atoms with Gasteiger partial charge in [-0.15, -0.1) is 0 Å². The van der Waals surface area contributed by atoms with E-state index in [1.807, 2.05) is 58.9 Å². The lowest BCUT2D eigenvalue weighted by molar-refractivity contribution is 0.626. The molecule has 0 saturated carbocycles. The van der Waals surface area contributed by atoms with Crippen molar-refractivity contribution >= 4 is 10.9 Å². The fourth-order valence-electron chi connectivity index (χ4n) is 2.30. The third kappa shape index (κ3) is 5.17. The molecule has 0 aliphatic carbocycles. The van der Waals surface area contributed by atoms with E-state index < -0.39 is 0 Å². The SMILES string of the molecule is CC.CC.Cc1nc2ccccc2cc1Cc1cccc(F)c1. The Morgan fingerprint density at radius 3 is 2.26 bits per heavy atom. The number of hydrogen-bond donors (Lipinski definition) is 0. The van der Waals surface area contributed by atoms with Gasteiger partial charge in [0.2, 0.25) is 0 Å². The average Bonchev–Trinajstić information content (AvgIpc) is 2.59. The van der Waals surface area contributed by atoms with Crippen LogP contribution in [-0.2, 0) is 6.42 Å². The number of nitrogens with zero attached hydrogens (tertiary/aromatic N) is 1. The van der Waals surface area contributed by atoms with Crippen LogP contribution in [0.4, 0.5) is 4.39 Å². The molecule has 0 atom stereocenters. The second-order valence-corrected chi connectivity index (χ2v) is 4.73. The minimum atomic E-state index is -0.191. The molecule has 3 rings (SSSR count). The molecule has 2 aromatic carbocycles. The number of halogens is 1. The van der Waals surface area contributed by atoms with E-state index in [9.17, 15) is 4.39 Å². The molecule has 0 bridgehead atoms. The summed E-state index contributed by atoms with van der Waals surface area (Å²) < 4.78 is 13.2. The maximum Gasteiger partial charge on any atom is 0.123 e. The normalized spacial score (nSPS) is 9.48. The summed E-state index contributed by atoms with van der Waals surface area (Å²) in [5, 5.41) is 1.12. The topological polar surface area (TPSA) is 12.9 Å². The van der Waals surface area contributed by atoms with Crippen molar-refractivity contribution < 1.29 is 4.39 Å². The highest BCUT2D eigenvalue weighted by Crippen LogP contribution is 2.19. The predicted octanol–water partition coefficient (Wildman–Crippen LogP) is 6.33. The lowest BCUT2D eigenvalue weighted by Crippen LogP contribution is -1.96. The zero-order chi connectivity index (χ0) is 17.2. The van der Waals surface area contributed by atoms with Crippen molar-refractivity contribution in [3.8, 4) is 0 Å². The molecule has 3 aromatic rings. The Kier molecular flexibility index (Phi) is 7.96. The zero-order valence-electron chi connectivity index (χ0n) is 14.7. The molecule has 0 unspecified atom stereocenters. The zero-order valence-corrected chi connectivity index (χ0v) is 14.7. The Morgan fingerprint density at radius 1 is 0.870 bits per heavy atom. The molecule has 23 heavy (non-hydrogen) atoms. The Bertz CT molecular complexity index is 735. The van der Waals surface area contributed by atoms with Crippen LogP contribution in [0.5, 0.6) is 0 Å². The summed E-state index contributed by atoms with van der Waals surface area (Å²) in [4.78, 5) is 4.60. The number of aromatic nitrogens is 1. The van der Waals surface area contributed by atoms with E-state index in [4.69, 9.17) is 0 Å². The smallest absolute Gasteiger partial charge is 0.123 e. The Hall–Kier alpha value is -2.22. The van der Waals surface area contributed by atoms with Gasteiger partial charge in [-0.1, -0.05) is 58.0 Å². The summed E-state index contributed by atoms with van der Waals surface area (Å²) in [7, 11) is 0. The first-order valence-electron chi connectivity index (χ1n) is 8.32. The number of aryl methyl sites for hydroxylation is 1. The van der Waals surface area contributed by atoms with Gasteiger partial charge in [0.25, 0.3) is 0 Å². The number of pyridine rings is 1. The second-order valence-electron chi connectivity index (χ2n) is 4.73.